The van der Waals surface area contributed by atoms with Gasteiger partial charge in [-0.05, 0) is 39.2 Å². The first-order valence-electron chi connectivity index (χ1n) is 5.89. The topological polar surface area (TPSA) is 41.1 Å². The number of amides is 1. The highest BCUT2D eigenvalue weighted by Crippen LogP contribution is 2.22. The number of hydrogen-bond acceptors (Lipinski definition) is 2. The van der Waals surface area contributed by atoms with Crippen molar-refractivity contribution in [2.24, 2.45) is 0 Å². The van der Waals surface area contributed by atoms with Crippen LogP contribution in [0.3, 0.4) is 0 Å². The maximum absolute atomic E-state index is 12.0. The molecule has 1 atom stereocenters. The molecule has 1 aliphatic rings. The van der Waals surface area contributed by atoms with E-state index in [1.165, 1.54) is 0 Å². The van der Waals surface area contributed by atoms with Crippen molar-refractivity contribution in [2.45, 2.75) is 45.1 Å². The van der Waals surface area contributed by atoms with Gasteiger partial charge in [-0.1, -0.05) is 19.1 Å². The van der Waals surface area contributed by atoms with Crippen molar-refractivity contribution in [3.8, 4) is 0 Å². The Morgan fingerprint density at radius 3 is 2.93 bits per heavy atom. The summed E-state index contributed by atoms with van der Waals surface area (Å²) in [6.07, 6.45) is 7.95. The monoisotopic (exact) mass is 210 g/mol. The van der Waals surface area contributed by atoms with Crippen LogP contribution in [0.15, 0.2) is 12.2 Å². The van der Waals surface area contributed by atoms with Gasteiger partial charge in [-0.3, -0.25) is 4.79 Å². The molecular weight excluding hydrogens is 188 g/mol. The molecule has 0 bridgehead atoms. The molecule has 2 N–H and O–H groups in total. The first-order valence-corrected chi connectivity index (χ1v) is 5.89. The van der Waals surface area contributed by atoms with Gasteiger partial charge in [0.25, 0.3) is 0 Å². The first-order chi connectivity index (χ1) is 7.25. The minimum atomic E-state index is -0.282. The van der Waals surface area contributed by atoms with E-state index in [2.05, 4.69) is 23.6 Å². The predicted octanol–water partition coefficient (Wildman–Crippen LogP) is 1.60. The summed E-state index contributed by atoms with van der Waals surface area (Å²) in [5.74, 6) is 0.173. The molecule has 86 valence electrons. The molecule has 1 saturated heterocycles. The summed E-state index contributed by atoms with van der Waals surface area (Å²) >= 11 is 0. The molecule has 0 aromatic rings. The third-order valence-electron chi connectivity index (χ3n) is 3.11. The molecule has 3 heteroatoms. The van der Waals surface area contributed by atoms with E-state index < -0.39 is 0 Å². The fourth-order valence-electron chi connectivity index (χ4n) is 2.07. The summed E-state index contributed by atoms with van der Waals surface area (Å²) in [5, 5.41) is 6.33. The summed E-state index contributed by atoms with van der Waals surface area (Å²) in [6, 6.07) is 0. The van der Waals surface area contributed by atoms with Crippen LogP contribution in [0, 0.1) is 0 Å². The van der Waals surface area contributed by atoms with Crippen LogP contribution in [0.25, 0.3) is 0 Å². The first kappa shape index (κ1) is 12.2. The van der Waals surface area contributed by atoms with E-state index in [9.17, 15) is 4.79 Å². The molecule has 3 nitrogen and oxygen atoms in total. The molecule has 1 unspecified atom stereocenters. The number of allylic oxidation sites excluding steroid dienone is 1. The van der Waals surface area contributed by atoms with E-state index in [1.54, 1.807) is 0 Å². The highest BCUT2D eigenvalue weighted by molar-refractivity contribution is 5.86. The minimum Gasteiger partial charge on any atom is -0.354 e. The Morgan fingerprint density at radius 1 is 1.60 bits per heavy atom. The SMILES string of the molecule is C/C=C/CCNC(=O)C1(CC)CCCN1. The van der Waals surface area contributed by atoms with Gasteiger partial charge in [-0.2, -0.15) is 0 Å². The lowest BCUT2D eigenvalue weighted by molar-refractivity contribution is -0.127. The van der Waals surface area contributed by atoms with Crippen molar-refractivity contribution in [3.63, 3.8) is 0 Å². The molecule has 0 aliphatic carbocycles. The minimum absolute atomic E-state index is 0.173. The molecule has 1 rings (SSSR count). The van der Waals surface area contributed by atoms with Crippen LogP contribution >= 0.6 is 0 Å². The normalized spacial score (nSPS) is 26.0. The second kappa shape index (κ2) is 5.91. The summed E-state index contributed by atoms with van der Waals surface area (Å²) in [4.78, 5) is 12.0. The average Bonchev–Trinajstić information content (AvgIpc) is 2.74. The Hall–Kier alpha value is -0.830. The Kier molecular flexibility index (Phi) is 4.82. The molecule has 0 spiro atoms. The molecule has 0 aromatic carbocycles. The number of carbonyl (C=O) groups is 1. The van der Waals surface area contributed by atoms with Gasteiger partial charge in [0.05, 0.1) is 5.54 Å². The van der Waals surface area contributed by atoms with Crippen molar-refractivity contribution in [3.05, 3.63) is 12.2 Å². The van der Waals surface area contributed by atoms with Gasteiger partial charge in [-0.15, -0.1) is 0 Å². The highest BCUT2D eigenvalue weighted by Gasteiger charge is 2.38. The number of carbonyl (C=O) groups excluding carboxylic acids is 1. The third-order valence-corrected chi connectivity index (χ3v) is 3.11. The maximum Gasteiger partial charge on any atom is 0.240 e. The van der Waals surface area contributed by atoms with Gasteiger partial charge < -0.3 is 10.6 Å². The largest absolute Gasteiger partial charge is 0.354 e. The fourth-order valence-corrected chi connectivity index (χ4v) is 2.07. The second-order valence-electron chi connectivity index (χ2n) is 4.08. The molecule has 15 heavy (non-hydrogen) atoms. The Bertz CT molecular complexity index is 230. The van der Waals surface area contributed by atoms with Crippen molar-refractivity contribution in [1.29, 1.82) is 0 Å². The van der Waals surface area contributed by atoms with Gasteiger partial charge in [0.15, 0.2) is 0 Å². The molecule has 0 radical (unpaired) electrons. The van der Waals surface area contributed by atoms with Crippen LogP contribution in [-0.2, 0) is 4.79 Å². The van der Waals surface area contributed by atoms with E-state index >= 15 is 0 Å². The Labute approximate surface area is 92.3 Å². The zero-order valence-corrected chi connectivity index (χ0v) is 9.81. The second-order valence-corrected chi connectivity index (χ2v) is 4.08. The third kappa shape index (κ3) is 3.06. The van der Waals surface area contributed by atoms with E-state index in [1.807, 2.05) is 13.0 Å². The summed E-state index contributed by atoms with van der Waals surface area (Å²) in [5.41, 5.74) is -0.282. The van der Waals surface area contributed by atoms with Crippen LogP contribution in [0.5, 0.6) is 0 Å². The van der Waals surface area contributed by atoms with Crippen LogP contribution in [0.4, 0.5) is 0 Å². The summed E-state index contributed by atoms with van der Waals surface area (Å²) < 4.78 is 0. The lowest BCUT2D eigenvalue weighted by Crippen LogP contribution is -2.53. The predicted molar refractivity (Wildman–Crippen MR) is 62.7 cm³/mol. The zero-order chi connectivity index (χ0) is 11.1. The summed E-state index contributed by atoms with van der Waals surface area (Å²) in [6.45, 7) is 5.78. The van der Waals surface area contributed by atoms with Gasteiger partial charge in [0.2, 0.25) is 5.91 Å². The average molecular weight is 210 g/mol. The maximum atomic E-state index is 12.0. The van der Waals surface area contributed by atoms with E-state index in [-0.39, 0.29) is 11.4 Å². The fraction of sp³-hybridized carbons (Fsp3) is 0.750. The molecule has 0 saturated carbocycles. The standard InChI is InChI=1S/C12H22N2O/c1-3-5-6-9-13-11(15)12(4-2)8-7-10-14-12/h3,5,14H,4,6-10H2,1-2H3,(H,13,15)/b5-3+. The number of nitrogens with one attached hydrogen (secondary N) is 2. The molecule has 1 aliphatic heterocycles. The van der Waals surface area contributed by atoms with Crippen LogP contribution in [0.1, 0.15) is 39.5 Å². The lowest BCUT2D eigenvalue weighted by atomic mass is 9.93. The highest BCUT2D eigenvalue weighted by atomic mass is 16.2. The molecule has 1 heterocycles. The zero-order valence-electron chi connectivity index (χ0n) is 9.81. The van der Waals surface area contributed by atoms with Crippen molar-refractivity contribution in [2.75, 3.05) is 13.1 Å². The smallest absolute Gasteiger partial charge is 0.240 e. The van der Waals surface area contributed by atoms with Crippen molar-refractivity contribution in [1.82, 2.24) is 10.6 Å². The molecule has 1 fully saturated rings. The quantitative estimate of drug-likeness (QED) is 0.534. The van der Waals surface area contributed by atoms with E-state index in [4.69, 9.17) is 0 Å². The Morgan fingerprint density at radius 2 is 2.40 bits per heavy atom. The van der Waals surface area contributed by atoms with Crippen LogP contribution in [0.2, 0.25) is 0 Å². The van der Waals surface area contributed by atoms with Crippen molar-refractivity contribution >= 4 is 5.91 Å². The number of hydrogen-bond donors (Lipinski definition) is 2. The molecule has 1 amide bonds. The Balaban J connectivity index is 2.37. The van der Waals surface area contributed by atoms with Gasteiger partial charge in [-0.25, -0.2) is 0 Å². The van der Waals surface area contributed by atoms with Crippen LogP contribution in [-0.4, -0.2) is 24.5 Å². The molecular formula is C12H22N2O. The van der Waals surface area contributed by atoms with Gasteiger partial charge in [0.1, 0.15) is 0 Å². The van der Waals surface area contributed by atoms with Gasteiger partial charge in [0, 0.05) is 6.54 Å². The molecule has 0 aromatic heterocycles. The van der Waals surface area contributed by atoms with Gasteiger partial charge >= 0.3 is 0 Å². The van der Waals surface area contributed by atoms with Crippen LogP contribution < -0.4 is 10.6 Å². The van der Waals surface area contributed by atoms with E-state index in [0.717, 1.165) is 38.8 Å². The lowest BCUT2D eigenvalue weighted by Gasteiger charge is -2.26. The summed E-state index contributed by atoms with van der Waals surface area (Å²) in [7, 11) is 0. The van der Waals surface area contributed by atoms with E-state index in [0.29, 0.717) is 0 Å². The number of rotatable bonds is 5. The van der Waals surface area contributed by atoms with Crippen molar-refractivity contribution < 1.29 is 4.79 Å².